The molecule has 0 aliphatic carbocycles. The zero-order valence-corrected chi connectivity index (χ0v) is 16.3. The van der Waals surface area contributed by atoms with Crippen molar-refractivity contribution in [1.29, 1.82) is 0 Å². The van der Waals surface area contributed by atoms with Crippen molar-refractivity contribution < 1.29 is 4.74 Å². The van der Waals surface area contributed by atoms with Crippen LogP contribution >= 0.6 is 11.6 Å². The molecule has 136 valence electrons. The minimum Gasteiger partial charge on any atom is -0.496 e. The van der Waals surface area contributed by atoms with Crippen LogP contribution in [0.15, 0.2) is 42.5 Å². The predicted molar refractivity (Wildman–Crippen MR) is 109 cm³/mol. The van der Waals surface area contributed by atoms with Gasteiger partial charge < -0.3 is 9.64 Å². The molecular formula is C21H24ClN3O. The summed E-state index contributed by atoms with van der Waals surface area (Å²) in [4.78, 5) is 2.29. The van der Waals surface area contributed by atoms with E-state index in [9.17, 15) is 0 Å². The van der Waals surface area contributed by atoms with E-state index in [-0.39, 0.29) is 0 Å². The van der Waals surface area contributed by atoms with E-state index in [1.54, 1.807) is 7.11 Å². The maximum atomic E-state index is 6.22. The summed E-state index contributed by atoms with van der Waals surface area (Å²) < 4.78 is 5.52. The van der Waals surface area contributed by atoms with Gasteiger partial charge in [-0.2, -0.15) is 0 Å². The number of anilines is 1. The highest BCUT2D eigenvalue weighted by Crippen LogP contribution is 2.37. The molecule has 4 nitrogen and oxygen atoms in total. The maximum absolute atomic E-state index is 6.22. The van der Waals surface area contributed by atoms with Gasteiger partial charge in [-0.25, -0.2) is 0 Å². The molecule has 0 saturated carbocycles. The van der Waals surface area contributed by atoms with Gasteiger partial charge in [-0.3, -0.25) is 0 Å². The lowest BCUT2D eigenvalue weighted by Crippen LogP contribution is -2.25. The Balaban J connectivity index is 2.19. The molecule has 0 radical (unpaired) electrons. The second-order valence-electron chi connectivity index (χ2n) is 6.20. The number of nitrogens with zero attached hydrogens (tertiary/aromatic N) is 3. The lowest BCUT2D eigenvalue weighted by atomic mass is 10.0. The largest absolute Gasteiger partial charge is 0.496 e. The molecule has 1 aromatic heterocycles. The molecule has 2 aromatic carbocycles. The van der Waals surface area contributed by atoms with E-state index >= 15 is 0 Å². The molecule has 0 atom stereocenters. The van der Waals surface area contributed by atoms with Crippen LogP contribution in [0.4, 0.5) is 5.82 Å². The summed E-state index contributed by atoms with van der Waals surface area (Å²) in [5.41, 5.74) is 1.64. The first kappa shape index (κ1) is 18.5. The molecule has 0 aliphatic heterocycles. The first-order chi connectivity index (χ1) is 12.7. The van der Waals surface area contributed by atoms with Gasteiger partial charge in [0.1, 0.15) is 11.4 Å². The van der Waals surface area contributed by atoms with Crippen molar-refractivity contribution in [2.75, 3.05) is 25.1 Å². The van der Waals surface area contributed by atoms with E-state index in [1.807, 2.05) is 30.3 Å². The van der Waals surface area contributed by atoms with Crippen molar-refractivity contribution >= 4 is 28.2 Å². The maximum Gasteiger partial charge on any atom is 0.159 e. The predicted octanol–water partition coefficient (Wildman–Crippen LogP) is 5.59. The number of hydrogen-bond donors (Lipinski definition) is 0. The van der Waals surface area contributed by atoms with E-state index in [0.29, 0.717) is 5.02 Å². The minimum absolute atomic E-state index is 0.647. The number of ether oxygens (including phenoxy) is 1. The number of unbranched alkanes of at least 4 members (excludes halogenated alkanes) is 1. The monoisotopic (exact) mass is 369 g/mol. The van der Waals surface area contributed by atoms with Crippen molar-refractivity contribution in [3.8, 4) is 17.0 Å². The van der Waals surface area contributed by atoms with Crippen molar-refractivity contribution in [3.63, 3.8) is 0 Å². The van der Waals surface area contributed by atoms with Crippen LogP contribution in [-0.2, 0) is 0 Å². The van der Waals surface area contributed by atoms with Gasteiger partial charge in [-0.15, -0.1) is 10.2 Å². The average Bonchev–Trinajstić information content (AvgIpc) is 2.68. The zero-order chi connectivity index (χ0) is 18.5. The number of methoxy groups -OCH3 is 1. The third kappa shape index (κ3) is 3.61. The van der Waals surface area contributed by atoms with Crippen LogP contribution in [0.1, 0.15) is 26.7 Å². The molecule has 3 rings (SSSR count). The number of halogens is 1. The van der Waals surface area contributed by atoms with Gasteiger partial charge in [0.2, 0.25) is 0 Å². The van der Waals surface area contributed by atoms with Gasteiger partial charge in [0.25, 0.3) is 0 Å². The third-order valence-corrected chi connectivity index (χ3v) is 4.78. The fraction of sp³-hybridized carbons (Fsp3) is 0.333. The fourth-order valence-corrected chi connectivity index (χ4v) is 3.32. The fourth-order valence-electron chi connectivity index (χ4n) is 3.15. The Kier molecular flexibility index (Phi) is 5.94. The lowest BCUT2D eigenvalue weighted by molar-refractivity contribution is 0.416. The number of benzene rings is 2. The minimum atomic E-state index is 0.647. The molecule has 0 saturated heterocycles. The number of hydrogen-bond acceptors (Lipinski definition) is 4. The van der Waals surface area contributed by atoms with Crippen LogP contribution in [-0.4, -0.2) is 30.4 Å². The second kappa shape index (κ2) is 8.37. The molecule has 0 N–H and O–H groups in total. The molecule has 3 aromatic rings. The number of fused-ring (bicyclic) bond motifs is 1. The quantitative estimate of drug-likeness (QED) is 0.544. The normalized spacial score (nSPS) is 10.9. The Morgan fingerprint density at radius 1 is 1.04 bits per heavy atom. The van der Waals surface area contributed by atoms with E-state index in [4.69, 9.17) is 16.3 Å². The van der Waals surface area contributed by atoms with Gasteiger partial charge in [0, 0.05) is 34.4 Å². The Morgan fingerprint density at radius 2 is 1.81 bits per heavy atom. The van der Waals surface area contributed by atoms with E-state index in [1.165, 1.54) is 0 Å². The first-order valence-electron chi connectivity index (χ1n) is 9.03. The van der Waals surface area contributed by atoms with Crippen molar-refractivity contribution in [2.24, 2.45) is 0 Å². The van der Waals surface area contributed by atoms with Gasteiger partial charge in [0.15, 0.2) is 5.82 Å². The molecule has 0 aliphatic rings. The van der Waals surface area contributed by atoms with Crippen molar-refractivity contribution in [1.82, 2.24) is 10.2 Å². The van der Waals surface area contributed by atoms with Crippen LogP contribution in [0.3, 0.4) is 0 Å². The smallest absolute Gasteiger partial charge is 0.159 e. The number of aromatic nitrogens is 2. The molecule has 0 unspecified atom stereocenters. The summed E-state index contributed by atoms with van der Waals surface area (Å²) in [5.74, 6) is 1.67. The molecule has 0 spiro atoms. The highest BCUT2D eigenvalue weighted by Gasteiger charge is 2.17. The molecule has 0 fully saturated rings. The van der Waals surface area contributed by atoms with Gasteiger partial charge in [-0.1, -0.05) is 49.2 Å². The van der Waals surface area contributed by atoms with E-state index in [0.717, 1.165) is 59.5 Å². The van der Waals surface area contributed by atoms with Gasteiger partial charge in [0.05, 0.1) is 7.11 Å². The summed E-state index contributed by atoms with van der Waals surface area (Å²) in [7, 11) is 1.65. The second-order valence-corrected chi connectivity index (χ2v) is 6.63. The molecule has 0 amide bonds. The first-order valence-corrected chi connectivity index (χ1v) is 9.41. The van der Waals surface area contributed by atoms with Crippen LogP contribution in [0.25, 0.3) is 22.0 Å². The summed E-state index contributed by atoms with van der Waals surface area (Å²) in [6.45, 7) is 6.23. The number of rotatable bonds is 7. The highest BCUT2D eigenvalue weighted by molar-refractivity contribution is 6.31. The topological polar surface area (TPSA) is 38.2 Å². The van der Waals surface area contributed by atoms with Gasteiger partial charge >= 0.3 is 0 Å². The van der Waals surface area contributed by atoms with Crippen molar-refractivity contribution in [3.05, 3.63) is 47.5 Å². The molecule has 1 heterocycles. The van der Waals surface area contributed by atoms with E-state index < -0.39 is 0 Å². The summed E-state index contributed by atoms with van der Waals surface area (Å²) in [6, 6.07) is 13.8. The third-order valence-electron chi connectivity index (χ3n) is 4.55. The van der Waals surface area contributed by atoms with Crippen LogP contribution < -0.4 is 9.64 Å². The molecular weight excluding hydrogens is 346 g/mol. The highest BCUT2D eigenvalue weighted by atomic mass is 35.5. The Labute approximate surface area is 159 Å². The average molecular weight is 370 g/mol. The Morgan fingerprint density at radius 3 is 2.50 bits per heavy atom. The standard InChI is InChI=1S/C21H24ClN3O/c1-4-6-13-25(5-2)21-17-10-8-7-9-16(17)20(23-24-21)18-14-15(22)11-12-19(18)26-3/h7-12,14H,4-6,13H2,1-3H3. The van der Waals surface area contributed by atoms with Crippen LogP contribution in [0.5, 0.6) is 5.75 Å². The molecule has 5 heteroatoms. The van der Waals surface area contributed by atoms with Crippen LogP contribution in [0.2, 0.25) is 5.02 Å². The summed E-state index contributed by atoms with van der Waals surface area (Å²) >= 11 is 6.22. The Hall–Kier alpha value is -2.33. The molecule has 26 heavy (non-hydrogen) atoms. The summed E-state index contributed by atoms with van der Waals surface area (Å²) in [5, 5.41) is 12.0. The van der Waals surface area contributed by atoms with Gasteiger partial charge in [-0.05, 0) is 31.5 Å². The Bertz CT molecular complexity index is 898. The molecule has 0 bridgehead atoms. The van der Waals surface area contributed by atoms with Crippen LogP contribution in [0, 0.1) is 0 Å². The SMILES string of the molecule is CCCCN(CC)c1nnc(-c2cc(Cl)ccc2OC)c2ccccc12. The van der Waals surface area contributed by atoms with E-state index in [2.05, 4.69) is 41.1 Å². The summed E-state index contributed by atoms with van der Waals surface area (Å²) in [6.07, 6.45) is 2.29. The lowest BCUT2D eigenvalue weighted by Gasteiger charge is -2.23. The van der Waals surface area contributed by atoms with Crippen molar-refractivity contribution in [2.45, 2.75) is 26.7 Å². The zero-order valence-electron chi connectivity index (χ0n) is 15.5.